The third kappa shape index (κ3) is 8.17. The molecule has 2 aliphatic carbocycles. The maximum Gasteiger partial charge on any atom is 0.306 e. The van der Waals surface area contributed by atoms with Crippen LogP contribution in [0.15, 0.2) is 73.3 Å². The molecule has 0 unspecified atom stereocenters. The first-order valence-corrected chi connectivity index (χ1v) is 20.5. The Morgan fingerprint density at radius 3 is 2.53 bits per heavy atom. The fourth-order valence-electron chi connectivity index (χ4n) is 7.53. The maximum absolute atomic E-state index is 14.7. The Bertz CT molecular complexity index is 2160. The molecule has 2 aliphatic heterocycles. The van der Waals surface area contributed by atoms with E-state index in [1.807, 2.05) is 87.5 Å². The Morgan fingerprint density at radius 2 is 1.84 bits per heavy atom. The van der Waals surface area contributed by atoms with Crippen LogP contribution >= 0.6 is 0 Å². The first-order chi connectivity index (χ1) is 26.2. The highest BCUT2D eigenvalue weighted by atomic mass is 32.2. The molecular weight excluding hydrogens is 721 g/mol. The van der Waals surface area contributed by atoms with Crippen molar-refractivity contribution in [1.29, 1.82) is 0 Å². The van der Waals surface area contributed by atoms with Gasteiger partial charge in [-0.1, -0.05) is 81.5 Å². The van der Waals surface area contributed by atoms with Crippen molar-refractivity contribution in [2.75, 3.05) is 13.2 Å². The first kappa shape index (κ1) is 38.2. The van der Waals surface area contributed by atoms with Crippen LogP contribution in [-0.2, 0) is 33.9 Å². The number of carbonyl (C=O) groups excluding carboxylic acids is 4. The molecule has 3 fully saturated rings. The summed E-state index contributed by atoms with van der Waals surface area (Å²) < 4.78 is 40.0. The van der Waals surface area contributed by atoms with Gasteiger partial charge in [-0.05, 0) is 60.6 Å². The molecule has 0 radical (unpaired) electrons. The van der Waals surface area contributed by atoms with Crippen molar-refractivity contribution in [3.63, 3.8) is 0 Å². The lowest BCUT2D eigenvalue weighted by Crippen LogP contribution is -2.57. The van der Waals surface area contributed by atoms with Crippen molar-refractivity contribution in [2.24, 2.45) is 17.3 Å². The van der Waals surface area contributed by atoms with E-state index in [0.29, 0.717) is 37.3 Å². The molecule has 13 heteroatoms. The minimum Gasteiger partial charge on any atom is -0.472 e. The Labute approximate surface area is 321 Å². The molecule has 7 rings (SSSR count). The van der Waals surface area contributed by atoms with Crippen LogP contribution in [0.25, 0.3) is 28.1 Å². The number of sulfonamides is 1. The molecule has 2 aromatic carbocycles. The number of pyridine rings is 1. The van der Waals surface area contributed by atoms with Crippen molar-refractivity contribution < 1.29 is 37.1 Å². The van der Waals surface area contributed by atoms with Crippen LogP contribution in [0.1, 0.15) is 71.3 Å². The molecule has 2 saturated carbocycles. The molecule has 12 nitrogen and oxygen atoms in total. The molecule has 1 aromatic heterocycles. The van der Waals surface area contributed by atoms with Crippen molar-refractivity contribution in [3.8, 4) is 17.1 Å². The molecule has 2 N–H and O–H groups in total. The van der Waals surface area contributed by atoms with Crippen molar-refractivity contribution in [3.05, 3.63) is 78.9 Å². The van der Waals surface area contributed by atoms with Crippen molar-refractivity contribution in [2.45, 2.75) is 88.7 Å². The normalized spacial score (nSPS) is 26.6. The van der Waals surface area contributed by atoms with E-state index < -0.39 is 73.9 Å². The highest BCUT2D eigenvalue weighted by Gasteiger charge is 2.62. The van der Waals surface area contributed by atoms with Crippen molar-refractivity contribution >= 4 is 50.6 Å². The Balaban J connectivity index is 1.26. The number of nitrogens with zero attached hydrogens (tertiary/aromatic N) is 2. The minimum absolute atomic E-state index is 0.00295. The minimum atomic E-state index is -3.90. The number of aromatic nitrogens is 1. The lowest BCUT2D eigenvalue weighted by Gasteiger charge is -2.35. The lowest BCUT2D eigenvalue weighted by atomic mass is 9.77. The zero-order valence-electron chi connectivity index (χ0n) is 31.5. The topological polar surface area (TPSA) is 161 Å². The summed E-state index contributed by atoms with van der Waals surface area (Å²) in [6, 6.07) is 16.6. The van der Waals surface area contributed by atoms with E-state index in [2.05, 4.69) is 16.6 Å². The van der Waals surface area contributed by atoms with Gasteiger partial charge in [0.05, 0.1) is 36.4 Å². The number of ether oxygens (including phenoxy) is 2. The van der Waals surface area contributed by atoms with E-state index in [9.17, 15) is 27.6 Å². The van der Waals surface area contributed by atoms with E-state index in [1.54, 1.807) is 0 Å². The fraction of sp³-hybridized carbons (Fsp3) is 0.452. The summed E-state index contributed by atoms with van der Waals surface area (Å²) in [6.07, 6.45) is 7.05. The maximum atomic E-state index is 14.7. The van der Waals surface area contributed by atoms with E-state index in [-0.39, 0.29) is 32.4 Å². The van der Waals surface area contributed by atoms with Gasteiger partial charge in [0.15, 0.2) is 0 Å². The van der Waals surface area contributed by atoms with Gasteiger partial charge in [0.25, 0.3) is 5.91 Å². The number of benzene rings is 2. The Kier molecular flexibility index (Phi) is 10.4. The molecule has 55 heavy (non-hydrogen) atoms. The van der Waals surface area contributed by atoms with Gasteiger partial charge in [0.2, 0.25) is 27.7 Å². The van der Waals surface area contributed by atoms with Crippen LogP contribution in [0.5, 0.6) is 5.88 Å². The molecule has 3 aromatic rings. The predicted molar refractivity (Wildman–Crippen MR) is 208 cm³/mol. The smallest absolute Gasteiger partial charge is 0.306 e. The molecule has 5 atom stereocenters. The number of esters is 1. The van der Waals surface area contributed by atoms with Gasteiger partial charge >= 0.3 is 5.97 Å². The molecule has 4 aliphatic rings. The average molecular weight is 769 g/mol. The second kappa shape index (κ2) is 14.9. The second-order valence-electron chi connectivity index (χ2n) is 16.2. The van der Waals surface area contributed by atoms with Crippen LogP contribution < -0.4 is 14.8 Å². The molecule has 0 spiro atoms. The highest BCUT2D eigenvalue weighted by Crippen LogP contribution is 2.46. The highest BCUT2D eigenvalue weighted by molar-refractivity contribution is 7.91. The van der Waals surface area contributed by atoms with Gasteiger partial charge in [-0.3, -0.25) is 23.9 Å². The predicted octanol–water partition coefficient (Wildman–Crippen LogP) is 5.32. The lowest BCUT2D eigenvalue weighted by molar-refractivity contribution is -0.153. The number of allylic oxidation sites excluding steroid dienone is 1. The monoisotopic (exact) mass is 768 g/mol. The van der Waals surface area contributed by atoms with E-state index >= 15 is 0 Å². The van der Waals surface area contributed by atoms with Crippen LogP contribution in [0.3, 0.4) is 0 Å². The van der Waals surface area contributed by atoms with Gasteiger partial charge in [-0.15, -0.1) is 6.58 Å². The molecule has 4 bridgehead atoms. The first-order valence-electron chi connectivity index (χ1n) is 19.0. The number of amides is 3. The van der Waals surface area contributed by atoms with Gasteiger partial charge in [-0.2, -0.15) is 0 Å². The van der Waals surface area contributed by atoms with Gasteiger partial charge in [-0.25, -0.2) is 13.4 Å². The molecule has 290 valence electrons. The fourth-order valence-corrected chi connectivity index (χ4v) is 8.90. The summed E-state index contributed by atoms with van der Waals surface area (Å²) in [4.78, 5) is 62.2. The van der Waals surface area contributed by atoms with Crippen LogP contribution in [-0.4, -0.2) is 78.1 Å². The van der Waals surface area contributed by atoms with Crippen LogP contribution in [0, 0.1) is 17.3 Å². The SMILES string of the molecule is C=C[C@@H]1C[C@]1(NC(=O)[C@@H]1C[C@@H]2CN1C(=O)[C@H](C(C)(C)C)CC(=O)OCCC/C=C/c1ccc3cc(-c4ccccc4)nc(c3c1)O2)C(=O)NS(=O)(=O)C1CC1. The number of cyclic esters (lactones) is 1. The Morgan fingerprint density at radius 1 is 1.07 bits per heavy atom. The van der Waals surface area contributed by atoms with E-state index in [0.717, 1.165) is 21.9 Å². The summed E-state index contributed by atoms with van der Waals surface area (Å²) in [6.45, 7) is 9.57. The number of rotatable bonds is 7. The van der Waals surface area contributed by atoms with Crippen molar-refractivity contribution in [1.82, 2.24) is 19.9 Å². The summed E-state index contributed by atoms with van der Waals surface area (Å²) >= 11 is 0. The third-order valence-electron chi connectivity index (χ3n) is 11.1. The Hall–Kier alpha value is -5.04. The average Bonchev–Trinajstić information content (AvgIpc) is 4.08. The summed E-state index contributed by atoms with van der Waals surface area (Å²) in [7, 11) is -3.90. The summed E-state index contributed by atoms with van der Waals surface area (Å²) in [5.74, 6) is -3.41. The zero-order chi connectivity index (χ0) is 39.1. The zero-order valence-corrected chi connectivity index (χ0v) is 32.3. The molecule has 3 heterocycles. The quantitative estimate of drug-likeness (QED) is 0.240. The third-order valence-corrected chi connectivity index (χ3v) is 12.9. The number of nitrogens with one attached hydrogen (secondary N) is 2. The number of hydrogen-bond acceptors (Lipinski definition) is 9. The standard InChI is InChI=1S/C42H48N4O8S/c1-5-29-24-42(29,40(50)45-55(51,52)31-17-18-31)44-37(48)35-22-30-25-46(35)39(49)33(41(2,3)4)23-36(47)53-19-11-7-8-12-26-15-16-28-21-34(27-13-9-6-10-14-27)43-38(54-30)32(28)20-26/h5-6,8-10,12-16,20-21,29-31,33,35H,1,7,11,17-19,22-25H2,2-4H3,(H,44,48)(H,45,50)/b12-8+/t29-,30-,33-,35+,42-/m1/s1. The molecular formula is C42H48N4O8S. The van der Waals surface area contributed by atoms with Gasteiger partial charge in [0, 0.05) is 23.3 Å². The number of fused-ring (bicyclic) bond motifs is 3. The summed E-state index contributed by atoms with van der Waals surface area (Å²) in [5, 5.41) is 3.86. The van der Waals surface area contributed by atoms with Crippen LogP contribution in [0.2, 0.25) is 0 Å². The number of hydrogen-bond donors (Lipinski definition) is 2. The second-order valence-corrected chi connectivity index (χ2v) is 18.2. The van der Waals surface area contributed by atoms with Gasteiger partial charge in [0.1, 0.15) is 17.7 Å². The summed E-state index contributed by atoms with van der Waals surface area (Å²) in [5.41, 5.74) is 0.270. The number of carbonyl (C=O) groups is 4. The molecule has 1 saturated heterocycles. The molecule has 3 amide bonds. The van der Waals surface area contributed by atoms with Gasteiger partial charge < -0.3 is 19.7 Å². The van der Waals surface area contributed by atoms with E-state index in [1.165, 1.54) is 11.0 Å². The van der Waals surface area contributed by atoms with E-state index in [4.69, 9.17) is 14.5 Å². The van der Waals surface area contributed by atoms with Crippen LogP contribution in [0.4, 0.5) is 0 Å². The largest absolute Gasteiger partial charge is 0.472 e.